The molecule has 0 saturated heterocycles. The second-order valence-electron chi connectivity index (χ2n) is 3.08. The molecule has 0 bridgehead atoms. The van der Waals surface area contributed by atoms with Crippen LogP contribution < -0.4 is 10.5 Å². The molecule has 0 aliphatic heterocycles. The maximum absolute atomic E-state index is 13.1. The molecule has 0 unspecified atom stereocenters. The standard InChI is InChI=1S/C10H9FN2O3/c1-15-9-5(2-3-7(11)8(9)14)6-4-13-16-10(6)12/h2-4,14H,12H2,1H3. The Hall–Kier alpha value is -2.24. The van der Waals surface area contributed by atoms with Crippen LogP contribution in [0.1, 0.15) is 0 Å². The molecule has 0 spiro atoms. The Morgan fingerprint density at radius 2 is 2.19 bits per heavy atom. The van der Waals surface area contributed by atoms with Crippen molar-refractivity contribution in [2.24, 2.45) is 0 Å². The number of anilines is 1. The van der Waals surface area contributed by atoms with Crippen LogP contribution >= 0.6 is 0 Å². The summed E-state index contributed by atoms with van der Waals surface area (Å²) < 4.78 is 22.7. The molecule has 0 aliphatic rings. The van der Waals surface area contributed by atoms with Crippen LogP contribution in [-0.2, 0) is 0 Å². The Kier molecular flexibility index (Phi) is 2.40. The van der Waals surface area contributed by atoms with E-state index in [-0.39, 0.29) is 11.6 Å². The summed E-state index contributed by atoms with van der Waals surface area (Å²) in [6.07, 6.45) is 1.37. The minimum absolute atomic E-state index is 0.00472. The Bertz CT molecular complexity index is 525. The molecule has 1 aromatic carbocycles. The van der Waals surface area contributed by atoms with Gasteiger partial charge < -0.3 is 20.1 Å². The predicted octanol–water partition coefficient (Wildman–Crippen LogP) is 1.78. The van der Waals surface area contributed by atoms with E-state index in [0.29, 0.717) is 11.1 Å². The third-order valence-electron chi connectivity index (χ3n) is 2.17. The highest BCUT2D eigenvalue weighted by atomic mass is 19.1. The number of methoxy groups -OCH3 is 1. The Morgan fingerprint density at radius 1 is 1.44 bits per heavy atom. The number of nitrogens with zero attached hydrogens (tertiary/aromatic N) is 1. The predicted molar refractivity (Wildman–Crippen MR) is 54.5 cm³/mol. The van der Waals surface area contributed by atoms with Crippen molar-refractivity contribution in [3.8, 4) is 22.6 Å². The first-order valence-electron chi connectivity index (χ1n) is 4.41. The normalized spacial score (nSPS) is 10.4. The zero-order valence-corrected chi connectivity index (χ0v) is 8.40. The first kappa shape index (κ1) is 10.3. The average Bonchev–Trinajstić information content (AvgIpc) is 2.68. The van der Waals surface area contributed by atoms with Gasteiger partial charge in [-0.15, -0.1) is 0 Å². The van der Waals surface area contributed by atoms with Crippen molar-refractivity contribution >= 4 is 5.88 Å². The van der Waals surface area contributed by atoms with Crippen LogP contribution in [0.4, 0.5) is 10.3 Å². The van der Waals surface area contributed by atoms with E-state index in [1.165, 1.54) is 19.4 Å². The lowest BCUT2D eigenvalue weighted by molar-refractivity contribution is 0.358. The quantitative estimate of drug-likeness (QED) is 0.812. The number of phenolic OH excluding ortho intramolecular Hbond substituents is 1. The van der Waals surface area contributed by atoms with Crippen molar-refractivity contribution in [1.82, 2.24) is 5.16 Å². The summed E-state index contributed by atoms with van der Waals surface area (Å²) in [4.78, 5) is 0. The van der Waals surface area contributed by atoms with E-state index in [1.807, 2.05) is 0 Å². The van der Waals surface area contributed by atoms with Gasteiger partial charge in [0.1, 0.15) is 0 Å². The number of aromatic hydroxyl groups is 1. The first-order chi connectivity index (χ1) is 7.65. The summed E-state index contributed by atoms with van der Waals surface area (Å²) in [5, 5.41) is 13.0. The summed E-state index contributed by atoms with van der Waals surface area (Å²) in [6, 6.07) is 2.54. The largest absolute Gasteiger partial charge is 0.502 e. The van der Waals surface area contributed by atoms with E-state index in [4.69, 9.17) is 10.5 Å². The van der Waals surface area contributed by atoms with Crippen molar-refractivity contribution in [3.05, 3.63) is 24.1 Å². The van der Waals surface area contributed by atoms with Gasteiger partial charge in [0.15, 0.2) is 17.3 Å². The summed E-state index contributed by atoms with van der Waals surface area (Å²) in [6.45, 7) is 0. The molecule has 2 aromatic rings. The number of hydrogen-bond acceptors (Lipinski definition) is 5. The minimum atomic E-state index is -0.768. The number of rotatable bonds is 2. The van der Waals surface area contributed by atoms with Crippen molar-refractivity contribution in [2.45, 2.75) is 0 Å². The zero-order chi connectivity index (χ0) is 11.7. The highest BCUT2D eigenvalue weighted by molar-refractivity contribution is 5.79. The van der Waals surface area contributed by atoms with Crippen molar-refractivity contribution in [3.63, 3.8) is 0 Å². The molecule has 0 fully saturated rings. The minimum Gasteiger partial charge on any atom is -0.502 e. The molecule has 0 radical (unpaired) electrons. The van der Waals surface area contributed by atoms with Crippen LogP contribution in [0.2, 0.25) is 0 Å². The summed E-state index contributed by atoms with van der Waals surface area (Å²) in [5.74, 6) is -1.27. The van der Waals surface area contributed by atoms with Crippen molar-refractivity contribution in [1.29, 1.82) is 0 Å². The summed E-state index contributed by atoms with van der Waals surface area (Å²) >= 11 is 0. The lowest BCUT2D eigenvalue weighted by Crippen LogP contribution is -1.92. The maximum Gasteiger partial charge on any atom is 0.230 e. The molecule has 0 aliphatic carbocycles. The molecular weight excluding hydrogens is 215 g/mol. The monoisotopic (exact) mass is 224 g/mol. The topological polar surface area (TPSA) is 81.5 Å². The second kappa shape index (κ2) is 3.73. The zero-order valence-electron chi connectivity index (χ0n) is 8.40. The van der Waals surface area contributed by atoms with Crippen LogP contribution in [0.3, 0.4) is 0 Å². The van der Waals surface area contributed by atoms with Gasteiger partial charge >= 0.3 is 0 Å². The summed E-state index contributed by atoms with van der Waals surface area (Å²) in [5.41, 5.74) is 6.38. The van der Waals surface area contributed by atoms with E-state index in [0.717, 1.165) is 6.07 Å². The molecule has 5 nitrogen and oxygen atoms in total. The number of phenols is 1. The van der Waals surface area contributed by atoms with Crippen LogP contribution in [0, 0.1) is 5.82 Å². The smallest absolute Gasteiger partial charge is 0.230 e. The van der Waals surface area contributed by atoms with Gasteiger partial charge in [-0.1, -0.05) is 5.16 Å². The lowest BCUT2D eigenvalue weighted by atomic mass is 10.1. The number of nitrogens with two attached hydrogens (primary N) is 1. The third kappa shape index (κ3) is 1.44. The van der Waals surface area contributed by atoms with Crippen LogP contribution in [0.5, 0.6) is 11.5 Å². The molecule has 84 valence electrons. The van der Waals surface area contributed by atoms with Gasteiger partial charge in [-0.25, -0.2) is 4.39 Å². The van der Waals surface area contributed by atoms with E-state index < -0.39 is 11.6 Å². The van der Waals surface area contributed by atoms with Crippen molar-refractivity contribution in [2.75, 3.05) is 12.8 Å². The van der Waals surface area contributed by atoms with E-state index in [1.54, 1.807) is 0 Å². The molecule has 0 atom stereocenters. The van der Waals surface area contributed by atoms with Gasteiger partial charge in [-0.2, -0.15) is 0 Å². The Morgan fingerprint density at radius 3 is 2.75 bits per heavy atom. The van der Waals surface area contributed by atoms with Gasteiger partial charge in [-0.3, -0.25) is 0 Å². The van der Waals surface area contributed by atoms with Crippen LogP contribution in [-0.4, -0.2) is 17.4 Å². The van der Waals surface area contributed by atoms with Gasteiger partial charge in [0.25, 0.3) is 0 Å². The van der Waals surface area contributed by atoms with E-state index in [2.05, 4.69) is 9.68 Å². The fourth-order valence-electron chi connectivity index (χ4n) is 1.42. The number of hydrogen-bond donors (Lipinski definition) is 2. The maximum atomic E-state index is 13.1. The molecular formula is C10H9FN2O3. The fourth-order valence-corrected chi connectivity index (χ4v) is 1.42. The molecule has 1 heterocycles. The molecule has 3 N–H and O–H groups in total. The number of ether oxygens (including phenoxy) is 1. The molecule has 1 aromatic heterocycles. The summed E-state index contributed by atoms with van der Waals surface area (Å²) in [7, 11) is 1.32. The number of nitrogen functional groups attached to an aromatic ring is 1. The molecule has 16 heavy (non-hydrogen) atoms. The van der Waals surface area contributed by atoms with E-state index >= 15 is 0 Å². The molecule has 0 amide bonds. The van der Waals surface area contributed by atoms with Crippen molar-refractivity contribution < 1.29 is 18.8 Å². The number of benzene rings is 1. The number of halogens is 1. The highest BCUT2D eigenvalue weighted by Crippen LogP contribution is 2.40. The Balaban J connectivity index is 2.66. The van der Waals surface area contributed by atoms with E-state index in [9.17, 15) is 9.50 Å². The second-order valence-corrected chi connectivity index (χ2v) is 3.08. The third-order valence-corrected chi connectivity index (χ3v) is 2.17. The average molecular weight is 224 g/mol. The Labute approximate surface area is 90.2 Å². The SMILES string of the molecule is COc1c(-c2cnoc2N)ccc(F)c1O. The highest BCUT2D eigenvalue weighted by Gasteiger charge is 2.18. The van der Waals surface area contributed by atoms with Crippen LogP contribution in [0.25, 0.3) is 11.1 Å². The fraction of sp³-hybridized carbons (Fsp3) is 0.100. The lowest BCUT2D eigenvalue weighted by Gasteiger charge is -2.09. The van der Waals surface area contributed by atoms with Gasteiger partial charge in [0.05, 0.1) is 18.9 Å². The molecule has 0 saturated carbocycles. The van der Waals surface area contributed by atoms with Gasteiger partial charge in [0, 0.05) is 5.56 Å². The first-order valence-corrected chi connectivity index (χ1v) is 4.41. The van der Waals surface area contributed by atoms with Gasteiger partial charge in [0.2, 0.25) is 5.88 Å². The van der Waals surface area contributed by atoms with Crippen LogP contribution in [0.15, 0.2) is 22.9 Å². The molecule has 6 heteroatoms. The number of aromatic nitrogens is 1. The molecule has 2 rings (SSSR count). The van der Waals surface area contributed by atoms with Gasteiger partial charge in [-0.05, 0) is 12.1 Å².